The molecule has 0 amide bonds. The summed E-state index contributed by atoms with van der Waals surface area (Å²) in [4.78, 5) is 11.3. The van der Waals surface area contributed by atoms with Gasteiger partial charge in [-0.2, -0.15) is 0 Å². The average Bonchev–Trinajstić information content (AvgIpc) is 2.23. The number of aliphatic hydroxyl groups is 1. The number of halogens is 1. The van der Waals surface area contributed by atoms with Gasteiger partial charge in [-0.25, -0.2) is 0 Å². The van der Waals surface area contributed by atoms with Crippen LogP contribution in [0.1, 0.15) is 6.92 Å². The molecule has 0 saturated carbocycles. The molecule has 1 N–H and O–H groups in total. The number of hydrogen-bond donors (Lipinski definition) is 1. The standard InChI is InChI=1S/C12H11ClO2/c1-7(14)10-6-11(13)8-4-2-3-5-9(8)12(10)15/h2-6,8-9,15H,1H3. The van der Waals surface area contributed by atoms with Crippen molar-refractivity contribution < 1.29 is 9.90 Å². The van der Waals surface area contributed by atoms with E-state index >= 15 is 0 Å². The highest BCUT2D eigenvalue weighted by molar-refractivity contribution is 6.30. The Morgan fingerprint density at radius 1 is 1.33 bits per heavy atom. The molecular weight excluding hydrogens is 212 g/mol. The third-order valence-corrected chi connectivity index (χ3v) is 3.07. The third kappa shape index (κ3) is 1.65. The first-order valence-electron chi connectivity index (χ1n) is 4.77. The van der Waals surface area contributed by atoms with Crippen molar-refractivity contribution in [2.24, 2.45) is 11.8 Å². The molecular formula is C12H11ClO2. The van der Waals surface area contributed by atoms with Crippen LogP contribution in [0, 0.1) is 11.8 Å². The van der Waals surface area contributed by atoms with E-state index in [4.69, 9.17) is 11.6 Å². The van der Waals surface area contributed by atoms with Crippen molar-refractivity contribution in [2.45, 2.75) is 6.92 Å². The number of fused-ring (bicyclic) bond motifs is 1. The van der Waals surface area contributed by atoms with Crippen LogP contribution in [0.3, 0.4) is 0 Å². The Labute approximate surface area is 93.2 Å². The van der Waals surface area contributed by atoms with Crippen LogP contribution >= 0.6 is 11.6 Å². The molecule has 0 aromatic heterocycles. The van der Waals surface area contributed by atoms with Gasteiger partial charge in [0.2, 0.25) is 0 Å². The highest BCUT2D eigenvalue weighted by atomic mass is 35.5. The Kier molecular flexibility index (Phi) is 2.53. The first-order chi connectivity index (χ1) is 7.11. The van der Waals surface area contributed by atoms with E-state index < -0.39 is 0 Å². The van der Waals surface area contributed by atoms with Gasteiger partial charge in [0.15, 0.2) is 5.78 Å². The molecule has 0 aromatic rings. The van der Waals surface area contributed by atoms with Crippen LogP contribution in [0.4, 0.5) is 0 Å². The zero-order chi connectivity index (χ0) is 11.0. The van der Waals surface area contributed by atoms with Crippen LogP contribution in [0.25, 0.3) is 0 Å². The van der Waals surface area contributed by atoms with E-state index in [1.54, 1.807) is 6.08 Å². The van der Waals surface area contributed by atoms with Crippen molar-refractivity contribution in [2.75, 3.05) is 0 Å². The summed E-state index contributed by atoms with van der Waals surface area (Å²) in [6.45, 7) is 1.43. The van der Waals surface area contributed by atoms with E-state index in [9.17, 15) is 9.90 Å². The Morgan fingerprint density at radius 2 is 1.93 bits per heavy atom. The van der Waals surface area contributed by atoms with E-state index in [1.165, 1.54) is 6.92 Å². The lowest BCUT2D eigenvalue weighted by molar-refractivity contribution is -0.113. The lowest BCUT2D eigenvalue weighted by Crippen LogP contribution is -2.22. The number of Topliss-reactive ketones (excluding diaryl/α,β-unsaturated/α-hetero) is 1. The molecule has 2 aliphatic carbocycles. The lowest BCUT2D eigenvalue weighted by atomic mass is 9.80. The Morgan fingerprint density at radius 3 is 2.53 bits per heavy atom. The monoisotopic (exact) mass is 222 g/mol. The van der Waals surface area contributed by atoms with Gasteiger partial charge in [-0.3, -0.25) is 4.79 Å². The number of aliphatic hydroxyl groups excluding tert-OH is 1. The molecule has 0 saturated heterocycles. The predicted molar refractivity (Wildman–Crippen MR) is 59.5 cm³/mol. The number of ketones is 1. The summed E-state index contributed by atoms with van der Waals surface area (Å²) >= 11 is 6.07. The van der Waals surface area contributed by atoms with Crippen molar-refractivity contribution in [1.82, 2.24) is 0 Å². The molecule has 0 aromatic carbocycles. The van der Waals surface area contributed by atoms with Gasteiger partial charge in [-0.05, 0) is 13.0 Å². The minimum absolute atomic E-state index is 0.0280. The zero-order valence-corrected chi connectivity index (χ0v) is 9.03. The van der Waals surface area contributed by atoms with Crippen molar-refractivity contribution >= 4 is 17.4 Å². The Hall–Kier alpha value is -1.28. The quantitative estimate of drug-likeness (QED) is 0.741. The van der Waals surface area contributed by atoms with E-state index in [1.807, 2.05) is 24.3 Å². The van der Waals surface area contributed by atoms with Gasteiger partial charge in [0.1, 0.15) is 5.76 Å². The van der Waals surface area contributed by atoms with Gasteiger partial charge in [0.05, 0.1) is 5.57 Å². The van der Waals surface area contributed by atoms with Crippen molar-refractivity contribution in [3.8, 4) is 0 Å². The maximum Gasteiger partial charge on any atom is 0.163 e. The summed E-state index contributed by atoms with van der Waals surface area (Å²) in [6, 6.07) is 0. The van der Waals surface area contributed by atoms with E-state index in [-0.39, 0.29) is 23.4 Å². The summed E-state index contributed by atoms with van der Waals surface area (Å²) in [5, 5.41) is 10.5. The number of rotatable bonds is 1. The molecule has 2 aliphatic rings. The largest absolute Gasteiger partial charge is 0.511 e. The van der Waals surface area contributed by atoms with Crippen molar-refractivity contribution in [3.05, 3.63) is 46.7 Å². The van der Waals surface area contributed by atoms with Crippen LogP contribution in [-0.2, 0) is 4.79 Å². The van der Waals surface area contributed by atoms with Crippen molar-refractivity contribution in [3.63, 3.8) is 0 Å². The number of carbonyl (C=O) groups is 1. The van der Waals surface area contributed by atoms with Crippen LogP contribution in [0.2, 0.25) is 0 Å². The minimum atomic E-state index is -0.189. The van der Waals surface area contributed by atoms with E-state index in [2.05, 4.69) is 0 Å². The smallest absolute Gasteiger partial charge is 0.163 e. The first-order valence-corrected chi connectivity index (χ1v) is 5.15. The van der Waals surface area contributed by atoms with Crippen LogP contribution in [0.5, 0.6) is 0 Å². The molecule has 0 spiro atoms. The Bertz CT molecular complexity index is 427. The molecule has 0 heterocycles. The lowest BCUT2D eigenvalue weighted by Gasteiger charge is -2.28. The predicted octanol–water partition coefficient (Wildman–Crippen LogP) is 2.88. The summed E-state index contributed by atoms with van der Waals surface area (Å²) in [7, 11) is 0. The summed E-state index contributed by atoms with van der Waals surface area (Å²) in [6.07, 6.45) is 9.09. The van der Waals surface area contributed by atoms with E-state index in [0.29, 0.717) is 10.6 Å². The van der Waals surface area contributed by atoms with Gasteiger partial charge in [0.25, 0.3) is 0 Å². The first kappa shape index (κ1) is 10.2. The van der Waals surface area contributed by atoms with Crippen LogP contribution in [0.15, 0.2) is 46.7 Å². The highest BCUT2D eigenvalue weighted by Gasteiger charge is 2.31. The fourth-order valence-electron chi connectivity index (χ4n) is 1.90. The van der Waals surface area contributed by atoms with E-state index in [0.717, 1.165) is 0 Å². The normalized spacial score (nSPS) is 28.8. The maximum atomic E-state index is 11.3. The van der Waals surface area contributed by atoms with Crippen molar-refractivity contribution in [1.29, 1.82) is 0 Å². The third-order valence-electron chi connectivity index (χ3n) is 2.71. The second-order valence-electron chi connectivity index (χ2n) is 3.71. The molecule has 0 aliphatic heterocycles. The topological polar surface area (TPSA) is 37.3 Å². The maximum absolute atomic E-state index is 11.3. The summed E-state index contributed by atoms with van der Waals surface area (Å²) in [5.41, 5.74) is 0.321. The minimum Gasteiger partial charge on any atom is -0.511 e. The molecule has 3 heteroatoms. The Balaban J connectivity index is 2.49. The fourth-order valence-corrected chi connectivity index (χ4v) is 2.22. The molecule has 78 valence electrons. The van der Waals surface area contributed by atoms with Gasteiger partial charge in [-0.15, -0.1) is 0 Å². The van der Waals surface area contributed by atoms with Gasteiger partial charge < -0.3 is 5.11 Å². The highest BCUT2D eigenvalue weighted by Crippen LogP contribution is 2.39. The number of carbonyl (C=O) groups excluding carboxylic acids is 1. The van der Waals surface area contributed by atoms with Crippen LogP contribution < -0.4 is 0 Å². The number of hydrogen-bond acceptors (Lipinski definition) is 2. The molecule has 0 radical (unpaired) electrons. The molecule has 0 bridgehead atoms. The summed E-state index contributed by atoms with van der Waals surface area (Å²) in [5.74, 6) is -0.254. The van der Waals surface area contributed by atoms with Gasteiger partial charge >= 0.3 is 0 Å². The molecule has 2 rings (SSSR count). The SMILES string of the molecule is CC(=O)C1=C(O)C2C=CC=CC2C(Cl)=C1. The molecule has 2 unspecified atom stereocenters. The molecule has 0 fully saturated rings. The number of allylic oxidation sites excluding steroid dienone is 7. The second-order valence-corrected chi connectivity index (χ2v) is 4.14. The zero-order valence-electron chi connectivity index (χ0n) is 8.27. The fraction of sp³-hybridized carbons (Fsp3) is 0.250. The molecule has 2 nitrogen and oxygen atoms in total. The van der Waals surface area contributed by atoms with Gasteiger partial charge in [-0.1, -0.05) is 35.9 Å². The van der Waals surface area contributed by atoms with Crippen LogP contribution in [-0.4, -0.2) is 10.9 Å². The molecule has 15 heavy (non-hydrogen) atoms. The average molecular weight is 223 g/mol. The summed E-state index contributed by atoms with van der Waals surface area (Å²) < 4.78 is 0. The second kappa shape index (κ2) is 3.70. The molecule has 2 atom stereocenters. The van der Waals surface area contributed by atoms with Gasteiger partial charge in [0, 0.05) is 16.9 Å².